The Labute approximate surface area is 113 Å². The molecule has 0 aliphatic carbocycles. The van der Waals surface area contributed by atoms with E-state index in [0.29, 0.717) is 0 Å². The second kappa shape index (κ2) is 5.47. The minimum atomic E-state index is 0.0786. The molecule has 1 aromatic heterocycles. The van der Waals surface area contributed by atoms with Crippen LogP contribution in [0.3, 0.4) is 0 Å². The van der Waals surface area contributed by atoms with Gasteiger partial charge >= 0.3 is 0 Å². The van der Waals surface area contributed by atoms with Gasteiger partial charge < -0.3 is 5.32 Å². The molecule has 0 fully saturated rings. The summed E-state index contributed by atoms with van der Waals surface area (Å²) in [5, 5.41) is 4.03. The summed E-state index contributed by atoms with van der Waals surface area (Å²) >= 11 is 9.54. The van der Waals surface area contributed by atoms with E-state index in [-0.39, 0.29) is 6.04 Å². The minimum absolute atomic E-state index is 0.0786. The maximum absolute atomic E-state index is 6.14. The molecular formula is C12H11BrClN3. The third-order valence-electron chi connectivity index (χ3n) is 2.39. The summed E-state index contributed by atoms with van der Waals surface area (Å²) < 4.78 is 0.832. The molecule has 1 N–H and O–H groups in total. The van der Waals surface area contributed by atoms with Crippen LogP contribution in [0.4, 0.5) is 5.82 Å². The number of anilines is 1. The summed E-state index contributed by atoms with van der Waals surface area (Å²) in [5.41, 5.74) is 1.04. The van der Waals surface area contributed by atoms with Gasteiger partial charge in [-0.3, -0.25) is 0 Å². The van der Waals surface area contributed by atoms with E-state index in [9.17, 15) is 0 Å². The second-order valence-corrected chi connectivity index (χ2v) is 4.87. The highest BCUT2D eigenvalue weighted by molar-refractivity contribution is 9.10. The third kappa shape index (κ3) is 2.96. The number of hydrogen-bond donors (Lipinski definition) is 1. The van der Waals surface area contributed by atoms with Crippen molar-refractivity contribution in [3.63, 3.8) is 0 Å². The molecule has 0 bridgehead atoms. The molecule has 0 saturated heterocycles. The molecule has 5 heteroatoms. The molecule has 0 amide bonds. The lowest BCUT2D eigenvalue weighted by atomic mass is 10.1. The fourth-order valence-electron chi connectivity index (χ4n) is 1.53. The van der Waals surface area contributed by atoms with Crippen molar-refractivity contribution >= 4 is 33.3 Å². The summed E-state index contributed by atoms with van der Waals surface area (Å²) in [4.78, 5) is 8.08. The van der Waals surface area contributed by atoms with Gasteiger partial charge in [0.05, 0.1) is 10.5 Å². The normalized spacial score (nSPS) is 12.2. The Morgan fingerprint density at radius 3 is 2.82 bits per heavy atom. The zero-order valence-corrected chi connectivity index (χ0v) is 11.5. The monoisotopic (exact) mass is 311 g/mol. The van der Waals surface area contributed by atoms with Crippen LogP contribution in [0, 0.1) is 0 Å². The van der Waals surface area contributed by atoms with Gasteiger partial charge in [-0.05, 0) is 34.5 Å². The lowest BCUT2D eigenvalue weighted by molar-refractivity contribution is 0.870. The molecule has 0 aliphatic heterocycles. The lowest BCUT2D eigenvalue weighted by Gasteiger charge is -2.16. The molecule has 17 heavy (non-hydrogen) atoms. The lowest BCUT2D eigenvalue weighted by Crippen LogP contribution is -2.09. The molecule has 1 heterocycles. The molecule has 0 radical (unpaired) electrons. The Hall–Kier alpha value is -1.13. The number of rotatable bonds is 3. The van der Waals surface area contributed by atoms with Gasteiger partial charge in [0.2, 0.25) is 0 Å². The van der Waals surface area contributed by atoms with Crippen molar-refractivity contribution in [1.82, 2.24) is 9.97 Å². The maximum Gasteiger partial charge on any atom is 0.144 e. The van der Waals surface area contributed by atoms with Crippen LogP contribution in [-0.2, 0) is 0 Å². The maximum atomic E-state index is 6.14. The smallest absolute Gasteiger partial charge is 0.144 e. The summed E-state index contributed by atoms with van der Waals surface area (Å²) in [6.07, 6.45) is 3.21. The van der Waals surface area contributed by atoms with Crippen molar-refractivity contribution in [2.75, 3.05) is 5.32 Å². The van der Waals surface area contributed by atoms with Gasteiger partial charge in [0, 0.05) is 11.2 Å². The fraction of sp³-hybridized carbons (Fsp3) is 0.167. The van der Waals surface area contributed by atoms with Crippen LogP contribution in [0.15, 0.2) is 41.3 Å². The molecule has 88 valence electrons. The molecule has 3 nitrogen and oxygen atoms in total. The van der Waals surface area contributed by atoms with Gasteiger partial charge in [-0.15, -0.1) is 0 Å². The predicted octanol–water partition coefficient (Wildman–Crippen LogP) is 4.07. The summed E-state index contributed by atoms with van der Waals surface area (Å²) in [7, 11) is 0. The molecule has 2 rings (SSSR count). The molecule has 0 saturated carbocycles. The molecular weight excluding hydrogens is 302 g/mol. The van der Waals surface area contributed by atoms with Crippen molar-refractivity contribution in [2.24, 2.45) is 0 Å². The van der Waals surface area contributed by atoms with Crippen LogP contribution in [-0.4, -0.2) is 9.97 Å². The van der Waals surface area contributed by atoms with Crippen molar-refractivity contribution in [3.05, 3.63) is 51.8 Å². The Balaban J connectivity index is 2.20. The van der Waals surface area contributed by atoms with Gasteiger partial charge in [0.1, 0.15) is 12.1 Å². The molecule has 0 aliphatic rings. The van der Waals surface area contributed by atoms with E-state index in [1.165, 1.54) is 6.33 Å². The van der Waals surface area contributed by atoms with E-state index >= 15 is 0 Å². The molecule has 0 spiro atoms. The van der Waals surface area contributed by atoms with Gasteiger partial charge in [-0.1, -0.05) is 29.8 Å². The third-order valence-corrected chi connectivity index (χ3v) is 3.32. The first-order valence-corrected chi connectivity index (χ1v) is 6.32. The number of nitrogens with one attached hydrogen (secondary N) is 1. The number of nitrogens with zero attached hydrogens (tertiary/aromatic N) is 2. The van der Waals surface area contributed by atoms with E-state index in [1.54, 1.807) is 6.20 Å². The highest BCUT2D eigenvalue weighted by Gasteiger charge is 2.10. The van der Waals surface area contributed by atoms with Crippen molar-refractivity contribution in [1.29, 1.82) is 0 Å². The molecule has 1 unspecified atom stereocenters. The van der Waals surface area contributed by atoms with E-state index in [4.69, 9.17) is 11.6 Å². The summed E-state index contributed by atoms with van der Waals surface area (Å²) in [6.45, 7) is 2.04. The van der Waals surface area contributed by atoms with E-state index in [0.717, 1.165) is 20.9 Å². The standard InChI is InChI=1S/C12H11BrClN3/c1-8(9-4-2-3-5-11(9)14)17-12-10(13)6-15-7-16-12/h2-8H,1H3,(H,15,16,17). The Kier molecular flexibility index (Phi) is 3.97. The van der Waals surface area contributed by atoms with Gasteiger partial charge in [0.15, 0.2) is 0 Å². The van der Waals surface area contributed by atoms with Crippen molar-refractivity contribution in [2.45, 2.75) is 13.0 Å². The molecule has 1 aromatic carbocycles. The van der Waals surface area contributed by atoms with Crippen molar-refractivity contribution in [3.8, 4) is 0 Å². The van der Waals surface area contributed by atoms with Crippen LogP contribution in [0.5, 0.6) is 0 Å². The number of hydrogen-bond acceptors (Lipinski definition) is 3. The van der Waals surface area contributed by atoms with Gasteiger partial charge in [-0.2, -0.15) is 0 Å². The quantitative estimate of drug-likeness (QED) is 0.928. The fourth-order valence-corrected chi connectivity index (χ4v) is 2.16. The second-order valence-electron chi connectivity index (χ2n) is 3.61. The predicted molar refractivity (Wildman–Crippen MR) is 73.2 cm³/mol. The number of aromatic nitrogens is 2. The summed E-state index contributed by atoms with van der Waals surface area (Å²) in [5.74, 6) is 0.757. The number of halogens is 2. The highest BCUT2D eigenvalue weighted by Crippen LogP contribution is 2.27. The Bertz CT molecular complexity index is 519. The van der Waals surface area contributed by atoms with Crippen molar-refractivity contribution < 1.29 is 0 Å². The Morgan fingerprint density at radius 2 is 2.12 bits per heavy atom. The first-order valence-electron chi connectivity index (χ1n) is 5.15. The molecule has 2 aromatic rings. The van der Waals surface area contributed by atoms with Crippen LogP contribution in [0.25, 0.3) is 0 Å². The van der Waals surface area contributed by atoms with E-state index in [2.05, 4.69) is 31.2 Å². The molecule has 1 atom stereocenters. The van der Waals surface area contributed by atoms with Crippen LogP contribution < -0.4 is 5.32 Å². The van der Waals surface area contributed by atoms with E-state index in [1.807, 2.05) is 31.2 Å². The average molecular weight is 313 g/mol. The zero-order chi connectivity index (χ0) is 12.3. The Morgan fingerprint density at radius 1 is 1.35 bits per heavy atom. The zero-order valence-electron chi connectivity index (χ0n) is 9.19. The van der Waals surface area contributed by atoms with Gasteiger partial charge in [0.25, 0.3) is 0 Å². The van der Waals surface area contributed by atoms with Gasteiger partial charge in [-0.25, -0.2) is 9.97 Å². The SMILES string of the molecule is CC(Nc1ncncc1Br)c1ccccc1Cl. The average Bonchev–Trinajstić information content (AvgIpc) is 2.32. The first kappa shape index (κ1) is 12.3. The van der Waals surface area contributed by atoms with Crippen LogP contribution in [0.2, 0.25) is 5.02 Å². The largest absolute Gasteiger partial charge is 0.362 e. The van der Waals surface area contributed by atoms with E-state index < -0.39 is 0 Å². The van der Waals surface area contributed by atoms with Crippen LogP contribution in [0.1, 0.15) is 18.5 Å². The highest BCUT2D eigenvalue weighted by atomic mass is 79.9. The first-order chi connectivity index (χ1) is 8.18. The minimum Gasteiger partial charge on any atom is -0.362 e. The number of benzene rings is 1. The summed E-state index contributed by atoms with van der Waals surface area (Å²) in [6, 6.07) is 7.84. The van der Waals surface area contributed by atoms with Crippen LogP contribution >= 0.6 is 27.5 Å². The topological polar surface area (TPSA) is 37.8 Å².